The van der Waals surface area contributed by atoms with Crippen LogP contribution in [-0.2, 0) is 4.79 Å². The van der Waals surface area contributed by atoms with Crippen LogP contribution in [0.2, 0.25) is 0 Å². The monoisotopic (exact) mass is 218 g/mol. The van der Waals surface area contributed by atoms with Crippen molar-refractivity contribution in [2.45, 2.75) is 38.5 Å². The second-order valence-corrected chi connectivity index (χ2v) is 3.83. The van der Waals surface area contributed by atoms with Gasteiger partial charge in [-0.3, -0.25) is 4.79 Å². The maximum absolute atomic E-state index is 11.2. The van der Waals surface area contributed by atoms with Crippen molar-refractivity contribution >= 4 is 18.5 Å². The Morgan fingerprint density at radius 1 is 1.14 bits per heavy atom. The lowest BCUT2D eigenvalue weighted by Gasteiger charge is -2.03. The zero-order chi connectivity index (χ0) is 10.6. The molecule has 3 N–H and O–H groups in total. The predicted octanol–water partition coefficient (Wildman–Crippen LogP) is 1.33. The van der Waals surface area contributed by atoms with E-state index in [0.717, 1.165) is 50.9 Å². The van der Waals surface area contributed by atoms with Gasteiger partial charge in [-0.05, 0) is 38.0 Å². The number of amides is 1. The topological polar surface area (TPSA) is 55.1 Å². The molecule has 0 aliphatic carbocycles. The van der Waals surface area contributed by atoms with Crippen LogP contribution in [0.5, 0.6) is 0 Å². The fourth-order valence-corrected chi connectivity index (χ4v) is 1.38. The third-order valence-corrected chi connectivity index (χ3v) is 2.33. The quantitative estimate of drug-likeness (QED) is 0.404. The maximum atomic E-state index is 11.2. The largest absolute Gasteiger partial charge is 0.356 e. The summed E-state index contributed by atoms with van der Waals surface area (Å²) in [5.41, 5.74) is 5.35. The molecule has 0 aliphatic heterocycles. The van der Waals surface area contributed by atoms with E-state index in [1.54, 1.807) is 0 Å². The van der Waals surface area contributed by atoms with Crippen molar-refractivity contribution in [2.24, 2.45) is 5.73 Å². The van der Waals surface area contributed by atoms with Crippen molar-refractivity contribution in [3.63, 3.8) is 0 Å². The first-order valence-corrected chi connectivity index (χ1v) is 6.02. The molecule has 84 valence electrons. The molecule has 0 atom stereocenters. The summed E-state index contributed by atoms with van der Waals surface area (Å²) in [5.74, 6) is 1.06. The van der Waals surface area contributed by atoms with E-state index in [4.69, 9.17) is 5.73 Å². The minimum Gasteiger partial charge on any atom is -0.356 e. The van der Waals surface area contributed by atoms with E-state index >= 15 is 0 Å². The fraction of sp³-hybridized carbons (Fsp3) is 0.900. The van der Waals surface area contributed by atoms with Crippen molar-refractivity contribution < 1.29 is 4.79 Å². The minimum atomic E-state index is 0.168. The van der Waals surface area contributed by atoms with Crippen LogP contribution in [0, 0.1) is 0 Å². The summed E-state index contributed by atoms with van der Waals surface area (Å²) in [6.45, 7) is 1.51. The Morgan fingerprint density at radius 3 is 2.57 bits per heavy atom. The molecule has 4 heteroatoms. The number of carbonyl (C=O) groups is 1. The smallest absolute Gasteiger partial charge is 0.219 e. The van der Waals surface area contributed by atoms with Crippen LogP contribution >= 0.6 is 12.6 Å². The maximum Gasteiger partial charge on any atom is 0.219 e. The molecule has 14 heavy (non-hydrogen) atoms. The summed E-state index contributed by atoms with van der Waals surface area (Å²) in [7, 11) is 0. The molecule has 0 aromatic heterocycles. The summed E-state index contributed by atoms with van der Waals surface area (Å²) < 4.78 is 0. The molecule has 0 unspecified atom stereocenters. The number of rotatable bonds is 9. The summed E-state index contributed by atoms with van der Waals surface area (Å²) >= 11 is 4.10. The van der Waals surface area contributed by atoms with E-state index in [-0.39, 0.29) is 5.91 Å². The third kappa shape index (κ3) is 9.86. The number of nitrogens with one attached hydrogen (secondary N) is 1. The van der Waals surface area contributed by atoms with Gasteiger partial charge in [0.1, 0.15) is 0 Å². The Bertz CT molecular complexity index is 128. The first-order valence-electron chi connectivity index (χ1n) is 5.39. The average molecular weight is 218 g/mol. The van der Waals surface area contributed by atoms with Gasteiger partial charge in [0, 0.05) is 13.0 Å². The van der Waals surface area contributed by atoms with Crippen molar-refractivity contribution in [1.29, 1.82) is 0 Å². The highest BCUT2D eigenvalue weighted by Crippen LogP contribution is 1.98. The first kappa shape index (κ1) is 13.8. The van der Waals surface area contributed by atoms with Crippen LogP contribution in [0.15, 0.2) is 0 Å². The van der Waals surface area contributed by atoms with Crippen LogP contribution in [0.3, 0.4) is 0 Å². The molecule has 0 aromatic carbocycles. The van der Waals surface area contributed by atoms with Gasteiger partial charge in [0.05, 0.1) is 0 Å². The molecule has 0 heterocycles. The zero-order valence-electron chi connectivity index (χ0n) is 8.80. The SMILES string of the molecule is NCCCCCC(=O)NCCCCS. The molecule has 0 radical (unpaired) electrons. The molecule has 0 saturated carbocycles. The Labute approximate surface area is 92.2 Å². The molecule has 0 bridgehead atoms. The lowest BCUT2D eigenvalue weighted by Crippen LogP contribution is -2.24. The normalized spacial score (nSPS) is 10.1. The molecule has 0 aromatic rings. The summed E-state index contributed by atoms with van der Waals surface area (Å²) in [5, 5.41) is 2.89. The Kier molecular flexibility index (Phi) is 10.7. The molecular weight excluding hydrogens is 196 g/mol. The van der Waals surface area contributed by atoms with Gasteiger partial charge in [0.15, 0.2) is 0 Å². The predicted molar refractivity (Wildman–Crippen MR) is 63.6 cm³/mol. The summed E-state index contributed by atoms with van der Waals surface area (Å²) in [6, 6.07) is 0. The van der Waals surface area contributed by atoms with E-state index < -0.39 is 0 Å². The van der Waals surface area contributed by atoms with Gasteiger partial charge in [-0.15, -0.1) is 0 Å². The van der Waals surface area contributed by atoms with Crippen LogP contribution in [0.4, 0.5) is 0 Å². The summed E-state index contributed by atoms with van der Waals surface area (Å²) in [4.78, 5) is 11.2. The molecule has 0 fully saturated rings. The Morgan fingerprint density at radius 2 is 1.93 bits per heavy atom. The Balaban J connectivity index is 3.11. The van der Waals surface area contributed by atoms with Crippen molar-refractivity contribution in [3.8, 4) is 0 Å². The van der Waals surface area contributed by atoms with E-state index in [0.29, 0.717) is 6.42 Å². The van der Waals surface area contributed by atoms with Gasteiger partial charge in [0.25, 0.3) is 0 Å². The lowest BCUT2D eigenvalue weighted by atomic mass is 10.2. The number of unbranched alkanes of at least 4 members (excludes halogenated alkanes) is 3. The first-order chi connectivity index (χ1) is 6.81. The minimum absolute atomic E-state index is 0.168. The molecule has 0 aliphatic rings. The zero-order valence-corrected chi connectivity index (χ0v) is 9.69. The lowest BCUT2D eigenvalue weighted by molar-refractivity contribution is -0.121. The standard InChI is InChI=1S/C10H22N2OS/c11-7-3-1-2-6-10(13)12-8-4-5-9-14/h14H,1-9,11H2,(H,12,13). The van der Waals surface area contributed by atoms with Gasteiger partial charge < -0.3 is 11.1 Å². The molecule has 0 spiro atoms. The highest BCUT2D eigenvalue weighted by molar-refractivity contribution is 7.80. The molecule has 1 amide bonds. The second-order valence-electron chi connectivity index (χ2n) is 3.38. The van der Waals surface area contributed by atoms with Crippen LogP contribution in [0.1, 0.15) is 38.5 Å². The molecular formula is C10H22N2OS. The third-order valence-electron chi connectivity index (χ3n) is 2.02. The van der Waals surface area contributed by atoms with Crippen LogP contribution in [0.25, 0.3) is 0 Å². The second kappa shape index (κ2) is 10.9. The molecule has 0 saturated heterocycles. The highest BCUT2D eigenvalue weighted by Gasteiger charge is 1.99. The van der Waals surface area contributed by atoms with Gasteiger partial charge in [-0.2, -0.15) is 12.6 Å². The number of hydrogen-bond acceptors (Lipinski definition) is 3. The van der Waals surface area contributed by atoms with Gasteiger partial charge in [0.2, 0.25) is 5.91 Å². The van der Waals surface area contributed by atoms with Gasteiger partial charge in [-0.1, -0.05) is 6.42 Å². The van der Waals surface area contributed by atoms with E-state index in [9.17, 15) is 4.79 Å². The number of carbonyl (C=O) groups excluding carboxylic acids is 1. The van der Waals surface area contributed by atoms with Crippen LogP contribution < -0.4 is 11.1 Å². The summed E-state index contributed by atoms with van der Waals surface area (Å²) in [6.07, 6.45) is 5.76. The van der Waals surface area contributed by atoms with E-state index in [2.05, 4.69) is 17.9 Å². The van der Waals surface area contributed by atoms with Gasteiger partial charge in [-0.25, -0.2) is 0 Å². The molecule has 3 nitrogen and oxygen atoms in total. The number of hydrogen-bond donors (Lipinski definition) is 3. The number of nitrogens with two attached hydrogens (primary N) is 1. The van der Waals surface area contributed by atoms with Crippen molar-refractivity contribution in [1.82, 2.24) is 5.32 Å². The van der Waals surface area contributed by atoms with E-state index in [1.165, 1.54) is 0 Å². The van der Waals surface area contributed by atoms with Crippen LogP contribution in [-0.4, -0.2) is 24.7 Å². The van der Waals surface area contributed by atoms with Crippen molar-refractivity contribution in [2.75, 3.05) is 18.8 Å². The van der Waals surface area contributed by atoms with Gasteiger partial charge >= 0.3 is 0 Å². The molecule has 0 rings (SSSR count). The van der Waals surface area contributed by atoms with E-state index in [1.807, 2.05) is 0 Å². The highest BCUT2D eigenvalue weighted by atomic mass is 32.1. The number of thiol groups is 1. The average Bonchev–Trinajstić information content (AvgIpc) is 2.19. The Hall–Kier alpha value is -0.220. The van der Waals surface area contributed by atoms with Crippen molar-refractivity contribution in [3.05, 3.63) is 0 Å². The fourth-order valence-electron chi connectivity index (χ4n) is 1.16.